The molecule has 1 rings (SSSR count). The zero-order valence-electron chi connectivity index (χ0n) is 12.2. The minimum absolute atomic E-state index is 0.0549. The maximum atomic E-state index is 11.8. The van der Waals surface area contributed by atoms with Crippen LogP contribution in [0.4, 0.5) is 0 Å². The van der Waals surface area contributed by atoms with Crippen LogP contribution in [0.15, 0.2) is 0 Å². The van der Waals surface area contributed by atoms with Crippen LogP contribution in [-0.4, -0.2) is 34.9 Å². The Balaban J connectivity index is 2.23. The Morgan fingerprint density at radius 2 is 1.84 bits per heavy atom. The molecule has 0 atom stereocenters. The molecule has 0 aliphatic heterocycles. The molecule has 0 spiro atoms. The van der Waals surface area contributed by atoms with Gasteiger partial charge in [-0.15, -0.1) is 0 Å². The van der Waals surface area contributed by atoms with E-state index in [1.165, 1.54) is 32.1 Å². The van der Waals surface area contributed by atoms with Gasteiger partial charge in [-0.25, -0.2) is 0 Å². The molecule has 0 unspecified atom stereocenters. The van der Waals surface area contributed by atoms with Crippen molar-refractivity contribution >= 4 is 5.91 Å². The van der Waals surface area contributed by atoms with E-state index in [9.17, 15) is 15.0 Å². The molecule has 0 radical (unpaired) electrons. The molecule has 3 N–H and O–H groups in total. The highest BCUT2D eigenvalue weighted by molar-refractivity contribution is 5.76. The second kappa shape index (κ2) is 8.54. The molecule has 4 heteroatoms. The third-order valence-corrected chi connectivity index (χ3v) is 4.43. The number of carbonyl (C=O) groups is 1. The molecule has 1 amide bonds. The number of rotatable bonds is 8. The van der Waals surface area contributed by atoms with Crippen LogP contribution in [0.25, 0.3) is 0 Å². The van der Waals surface area contributed by atoms with Gasteiger partial charge >= 0.3 is 0 Å². The van der Waals surface area contributed by atoms with E-state index in [1.807, 2.05) is 6.92 Å². The SMILES string of the molecule is CCC(CO)(CO)NC(=O)CCCC1CCCCC1. The highest BCUT2D eigenvalue weighted by Gasteiger charge is 2.28. The van der Waals surface area contributed by atoms with Crippen molar-refractivity contribution in [3.05, 3.63) is 0 Å². The van der Waals surface area contributed by atoms with Crippen molar-refractivity contribution in [1.82, 2.24) is 5.32 Å². The van der Waals surface area contributed by atoms with Gasteiger partial charge in [-0.05, 0) is 25.2 Å². The van der Waals surface area contributed by atoms with Crippen LogP contribution in [0.2, 0.25) is 0 Å². The number of aliphatic hydroxyl groups is 2. The summed E-state index contributed by atoms with van der Waals surface area (Å²) in [5, 5.41) is 21.3. The van der Waals surface area contributed by atoms with Crippen LogP contribution < -0.4 is 5.32 Å². The first-order valence-corrected chi connectivity index (χ1v) is 7.68. The summed E-state index contributed by atoms with van der Waals surface area (Å²) in [6, 6.07) is 0. The molecule has 1 saturated carbocycles. The average molecular weight is 271 g/mol. The van der Waals surface area contributed by atoms with Crippen molar-refractivity contribution in [2.24, 2.45) is 5.92 Å². The molecular weight excluding hydrogens is 242 g/mol. The van der Waals surface area contributed by atoms with Crippen molar-refractivity contribution in [3.63, 3.8) is 0 Å². The molecule has 1 fully saturated rings. The van der Waals surface area contributed by atoms with Gasteiger partial charge in [0.2, 0.25) is 5.91 Å². The average Bonchev–Trinajstić information content (AvgIpc) is 2.46. The van der Waals surface area contributed by atoms with E-state index >= 15 is 0 Å². The van der Waals surface area contributed by atoms with Gasteiger partial charge in [0, 0.05) is 6.42 Å². The first-order valence-electron chi connectivity index (χ1n) is 7.68. The number of nitrogens with one attached hydrogen (secondary N) is 1. The Hall–Kier alpha value is -0.610. The molecule has 0 saturated heterocycles. The van der Waals surface area contributed by atoms with E-state index in [1.54, 1.807) is 0 Å². The number of amides is 1. The lowest BCUT2D eigenvalue weighted by Crippen LogP contribution is -2.53. The summed E-state index contributed by atoms with van der Waals surface area (Å²) in [6.45, 7) is 1.43. The van der Waals surface area contributed by atoms with Crippen LogP contribution in [-0.2, 0) is 4.79 Å². The van der Waals surface area contributed by atoms with E-state index in [2.05, 4.69) is 5.32 Å². The van der Waals surface area contributed by atoms with Gasteiger partial charge in [0.25, 0.3) is 0 Å². The predicted octanol–water partition coefficient (Wildman–Crippen LogP) is 1.99. The summed E-state index contributed by atoms with van der Waals surface area (Å²) in [5.74, 6) is 0.744. The van der Waals surface area contributed by atoms with Crippen LogP contribution in [0, 0.1) is 5.92 Å². The number of hydrogen-bond donors (Lipinski definition) is 3. The molecule has 0 aromatic heterocycles. The first kappa shape index (κ1) is 16.4. The highest BCUT2D eigenvalue weighted by Crippen LogP contribution is 2.27. The fourth-order valence-electron chi connectivity index (χ4n) is 2.83. The predicted molar refractivity (Wildman–Crippen MR) is 75.8 cm³/mol. The standard InChI is InChI=1S/C15H29NO3/c1-2-15(11-17,12-18)16-14(19)10-6-9-13-7-4-3-5-8-13/h13,17-18H,2-12H2,1H3,(H,16,19). The summed E-state index contributed by atoms with van der Waals surface area (Å²) < 4.78 is 0. The van der Waals surface area contributed by atoms with Gasteiger partial charge in [-0.3, -0.25) is 4.79 Å². The summed E-state index contributed by atoms with van der Waals surface area (Å²) in [6.07, 6.45) is 9.74. The van der Waals surface area contributed by atoms with Gasteiger partial charge < -0.3 is 15.5 Å². The molecule has 0 bridgehead atoms. The van der Waals surface area contributed by atoms with Crippen LogP contribution in [0.5, 0.6) is 0 Å². The van der Waals surface area contributed by atoms with E-state index in [0.29, 0.717) is 12.8 Å². The molecule has 0 aromatic carbocycles. The highest BCUT2D eigenvalue weighted by atomic mass is 16.3. The zero-order chi connectivity index (χ0) is 14.1. The van der Waals surface area contributed by atoms with E-state index in [-0.39, 0.29) is 19.1 Å². The minimum Gasteiger partial charge on any atom is -0.394 e. The Labute approximate surface area is 116 Å². The molecule has 1 aliphatic carbocycles. The zero-order valence-corrected chi connectivity index (χ0v) is 12.2. The van der Waals surface area contributed by atoms with Crippen molar-refractivity contribution in [2.45, 2.75) is 70.3 Å². The summed E-state index contributed by atoms with van der Waals surface area (Å²) in [4.78, 5) is 11.8. The lowest BCUT2D eigenvalue weighted by Gasteiger charge is -2.29. The maximum Gasteiger partial charge on any atom is 0.220 e. The smallest absolute Gasteiger partial charge is 0.220 e. The Bertz CT molecular complexity index is 250. The second-order valence-corrected chi connectivity index (χ2v) is 5.89. The number of carbonyl (C=O) groups excluding carboxylic acids is 1. The maximum absolute atomic E-state index is 11.8. The van der Waals surface area contributed by atoms with Gasteiger partial charge in [0.15, 0.2) is 0 Å². The quantitative estimate of drug-likeness (QED) is 0.632. The van der Waals surface area contributed by atoms with E-state index in [4.69, 9.17) is 0 Å². The second-order valence-electron chi connectivity index (χ2n) is 5.89. The first-order chi connectivity index (χ1) is 9.15. The summed E-state index contributed by atoms with van der Waals surface area (Å²) in [7, 11) is 0. The summed E-state index contributed by atoms with van der Waals surface area (Å²) >= 11 is 0. The summed E-state index contributed by atoms with van der Waals surface area (Å²) in [5.41, 5.74) is -0.845. The monoisotopic (exact) mass is 271 g/mol. The topological polar surface area (TPSA) is 69.6 Å². The van der Waals surface area contributed by atoms with Crippen molar-refractivity contribution in [1.29, 1.82) is 0 Å². The van der Waals surface area contributed by atoms with Gasteiger partial charge in [-0.1, -0.05) is 39.0 Å². The number of hydrogen-bond acceptors (Lipinski definition) is 3. The Kier molecular flexibility index (Phi) is 7.39. The molecule has 112 valence electrons. The van der Waals surface area contributed by atoms with E-state index < -0.39 is 5.54 Å². The van der Waals surface area contributed by atoms with Gasteiger partial charge in [-0.2, -0.15) is 0 Å². The lowest BCUT2D eigenvalue weighted by molar-refractivity contribution is -0.124. The largest absolute Gasteiger partial charge is 0.394 e. The Morgan fingerprint density at radius 3 is 2.37 bits per heavy atom. The minimum atomic E-state index is -0.845. The van der Waals surface area contributed by atoms with E-state index in [0.717, 1.165) is 18.8 Å². The van der Waals surface area contributed by atoms with Crippen LogP contribution >= 0.6 is 0 Å². The molecule has 0 heterocycles. The normalized spacial score (nSPS) is 17.4. The van der Waals surface area contributed by atoms with Crippen LogP contribution in [0.3, 0.4) is 0 Å². The third kappa shape index (κ3) is 5.49. The van der Waals surface area contributed by atoms with Gasteiger partial charge in [0.05, 0.1) is 18.8 Å². The molecular formula is C15H29NO3. The molecule has 4 nitrogen and oxygen atoms in total. The van der Waals surface area contributed by atoms with Gasteiger partial charge in [0.1, 0.15) is 0 Å². The lowest BCUT2D eigenvalue weighted by atomic mass is 9.86. The van der Waals surface area contributed by atoms with Crippen molar-refractivity contribution in [3.8, 4) is 0 Å². The van der Waals surface area contributed by atoms with Crippen molar-refractivity contribution in [2.75, 3.05) is 13.2 Å². The molecule has 1 aliphatic rings. The van der Waals surface area contributed by atoms with Crippen molar-refractivity contribution < 1.29 is 15.0 Å². The third-order valence-electron chi connectivity index (χ3n) is 4.43. The molecule has 19 heavy (non-hydrogen) atoms. The molecule has 0 aromatic rings. The fraction of sp³-hybridized carbons (Fsp3) is 0.933. The Morgan fingerprint density at radius 1 is 1.21 bits per heavy atom. The number of aliphatic hydroxyl groups excluding tert-OH is 2. The van der Waals surface area contributed by atoms with Crippen LogP contribution in [0.1, 0.15) is 64.7 Å². The fourth-order valence-corrected chi connectivity index (χ4v) is 2.83.